The van der Waals surface area contributed by atoms with Crippen LogP contribution in [0.2, 0.25) is 0 Å². The third-order valence-electron chi connectivity index (χ3n) is 2.51. The molecule has 2 aromatic heterocycles. The van der Waals surface area contributed by atoms with Gasteiger partial charge in [0.15, 0.2) is 5.65 Å². The summed E-state index contributed by atoms with van der Waals surface area (Å²) in [6, 6.07) is 2.40. The predicted molar refractivity (Wildman–Crippen MR) is 60.5 cm³/mol. The van der Waals surface area contributed by atoms with Crippen molar-refractivity contribution in [2.75, 3.05) is 0 Å². The first-order valence-electron chi connectivity index (χ1n) is 5.17. The molecule has 0 radical (unpaired) electrons. The van der Waals surface area contributed by atoms with Crippen LogP contribution in [0.3, 0.4) is 0 Å². The minimum Gasteiger partial charge on any atom is -0.326 e. The molecule has 0 unspecified atom stereocenters. The SMILES string of the molecule is Cc1nn(C(C)C)c2ncc(CN)cc12. The normalized spacial score (nSPS) is 11.5. The Morgan fingerprint density at radius 2 is 2.20 bits per heavy atom. The van der Waals surface area contributed by atoms with Crippen LogP contribution in [-0.4, -0.2) is 14.8 Å². The fraction of sp³-hybridized carbons (Fsp3) is 0.455. The van der Waals surface area contributed by atoms with Crippen LogP contribution in [0.5, 0.6) is 0 Å². The van der Waals surface area contributed by atoms with Crippen molar-refractivity contribution in [2.45, 2.75) is 33.4 Å². The second-order valence-corrected chi connectivity index (χ2v) is 4.04. The van der Waals surface area contributed by atoms with Gasteiger partial charge in [-0.2, -0.15) is 5.10 Å². The van der Waals surface area contributed by atoms with Gasteiger partial charge in [-0.3, -0.25) is 0 Å². The molecule has 0 atom stereocenters. The maximum atomic E-state index is 5.59. The van der Waals surface area contributed by atoms with Gasteiger partial charge < -0.3 is 5.73 Å². The lowest BCUT2D eigenvalue weighted by Crippen LogP contribution is -2.04. The van der Waals surface area contributed by atoms with E-state index in [0.717, 1.165) is 22.3 Å². The highest BCUT2D eigenvalue weighted by molar-refractivity contribution is 5.78. The highest BCUT2D eigenvalue weighted by atomic mass is 15.3. The van der Waals surface area contributed by atoms with Gasteiger partial charge in [-0.25, -0.2) is 9.67 Å². The molecule has 80 valence electrons. The quantitative estimate of drug-likeness (QED) is 0.811. The van der Waals surface area contributed by atoms with Crippen LogP contribution in [0.15, 0.2) is 12.3 Å². The highest BCUT2D eigenvalue weighted by Crippen LogP contribution is 2.20. The maximum absolute atomic E-state index is 5.59. The molecular weight excluding hydrogens is 188 g/mol. The molecule has 0 aliphatic rings. The third kappa shape index (κ3) is 1.61. The van der Waals surface area contributed by atoms with Gasteiger partial charge in [0.25, 0.3) is 0 Å². The lowest BCUT2D eigenvalue weighted by atomic mass is 10.2. The summed E-state index contributed by atoms with van der Waals surface area (Å²) >= 11 is 0. The summed E-state index contributed by atoms with van der Waals surface area (Å²) in [5.74, 6) is 0. The monoisotopic (exact) mass is 204 g/mol. The molecule has 0 bridgehead atoms. The Morgan fingerprint density at radius 1 is 1.47 bits per heavy atom. The minimum atomic E-state index is 0.331. The zero-order chi connectivity index (χ0) is 11.0. The van der Waals surface area contributed by atoms with Gasteiger partial charge in [0.1, 0.15) is 0 Å². The van der Waals surface area contributed by atoms with Crippen molar-refractivity contribution in [3.63, 3.8) is 0 Å². The zero-order valence-electron chi connectivity index (χ0n) is 9.36. The summed E-state index contributed by atoms with van der Waals surface area (Å²) in [6.07, 6.45) is 1.82. The predicted octanol–water partition coefficient (Wildman–Crippen LogP) is 1.78. The topological polar surface area (TPSA) is 56.7 Å². The molecule has 0 fully saturated rings. The van der Waals surface area contributed by atoms with E-state index in [4.69, 9.17) is 5.73 Å². The Hall–Kier alpha value is -1.42. The summed E-state index contributed by atoms with van der Waals surface area (Å²) in [6.45, 7) is 6.73. The van der Waals surface area contributed by atoms with E-state index < -0.39 is 0 Å². The third-order valence-corrected chi connectivity index (χ3v) is 2.51. The molecule has 2 rings (SSSR count). The highest BCUT2D eigenvalue weighted by Gasteiger charge is 2.10. The average Bonchev–Trinajstić information content (AvgIpc) is 2.56. The maximum Gasteiger partial charge on any atom is 0.158 e. The molecule has 0 amide bonds. The molecule has 0 aliphatic heterocycles. The van der Waals surface area contributed by atoms with E-state index in [0.29, 0.717) is 12.6 Å². The smallest absolute Gasteiger partial charge is 0.158 e. The molecule has 2 heterocycles. The van der Waals surface area contributed by atoms with Crippen LogP contribution in [0, 0.1) is 6.92 Å². The standard InChI is InChI=1S/C11H16N4/c1-7(2)15-11-10(8(3)14-15)4-9(5-12)6-13-11/h4,6-7H,5,12H2,1-3H3. The number of rotatable bonds is 2. The first kappa shape index (κ1) is 10.1. The van der Waals surface area contributed by atoms with E-state index in [9.17, 15) is 0 Å². The number of hydrogen-bond acceptors (Lipinski definition) is 3. The fourth-order valence-electron chi connectivity index (χ4n) is 1.68. The molecule has 4 nitrogen and oxygen atoms in total. The van der Waals surface area contributed by atoms with Crippen molar-refractivity contribution in [3.05, 3.63) is 23.5 Å². The molecule has 0 aliphatic carbocycles. The Balaban J connectivity index is 2.69. The van der Waals surface area contributed by atoms with Crippen molar-refractivity contribution in [1.82, 2.24) is 14.8 Å². The van der Waals surface area contributed by atoms with Gasteiger partial charge in [0.2, 0.25) is 0 Å². The first-order valence-corrected chi connectivity index (χ1v) is 5.17. The lowest BCUT2D eigenvalue weighted by molar-refractivity contribution is 0.542. The number of fused-ring (bicyclic) bond motifs is 1. The fourth-order valence-corrected chi connectivity index (χ4v) is 1.68. The zero-order valence-corrected chi connectivity index (χ0v) is 9.36. The van der Waals surface area contributed by atoms with Crippen LogP contribution in [0.25, 0.3) is 11.0 Å². The van der Waals surface area contributed by atoms with E-state index >= 15 is 0 Å². The second kappa shape index (κ2) is 3.62. The molecule has 2 N–H and O–H groups in total. The van der Waals surface area contributed by atoms with Crippen LogP contribution in [0.4, 0.5) is 0 Å². The second-order valence-electron chi connectivity index (χ2n) is 4.04. The first-order chi connectivity index (χ1) is 7.13. The summed E-state index contributed by atoms with van der Waals surface area (Å²) < 4.78 is 1.95. The lowest BCUT2D eigenvalue weighted by Gasteiger charge is -2.05. The van der Waals surface area contributed by atoms with Gasteiger partial charge in [-0.05, 0) is 32.4 Å². The minimum absolute atomic E-state index is 0.331. The molecule has 0 spiro atoms. The van der Waals surface area contributed by atoms with Crippen LogP contribution in [-0.2, 0) is 6.54 Å². The molecule has 0 saturated carbocycles. The summed E-state index contributed by atoms with van der Waals surface area (Å²) in [4.78, 5) is 4.41. The van der Waals surface area contributed by atoms with Gasteiger partial charge in [-0.1, -0.05) is 0 Å². The Bertz CT molecular complexity index is 485. The molecule has 4 heteroatoms. The molecule has 0 aromatic carbocycles. The number of nitrogens with zero attached hydrogens (tertiary/aromatic N) is 3. The number of nitrogens with two attached hydrogens (primary N) is 1. The van der Waals surface area contributed by atoms with Crippen molar-refractivity contribution in [1.29, 1.82) is 0 Å². The van der Waals surface area contributed by atoms with Gasteiger partial charge >= 0.3 is 0 Å². The summed E-state index contributed by atoms with van der Waals surface area (Å²) in [5, 5.41) is 5.58. The Labute approximate surface area is 89.1 Å². The van der Waals surface area contributed by atoms with Crippen LogP contribution >= 0.6 is 0 Å². The largest absolute Gasteiger partial charge is 0.326 e. The van der Waals surface area contributed by atoms with E-state index in [-0.39, 0.29) is 0 Å². The average molecular weight is 204 g/mol. The number of aromatic nitrogens is 3. The Kier molecular flexibility index (Phi) is 2.44. The molecule has 0 saturated heterocycles. The molecular formula is C11H16N4. The van der Waals surface area contributed by atoms with E-state index in [2.05, 4.69) is 30.0 Å². The number of pyridine rings is 1. The van der Waals surface area contributed by atoms with Gasteiger partial charge in [0.05, 0.1) is 5.69 Å². The van der Waals surface area contributed by atoms with Gasteiger partial charge in [-0.15, -0.1) is 0 Å². The van der Waals surface area contributed by atoms with E-state index in [1.54, 1.807) is 0 Å². The van der Waals surface area contributed by atoms with Crippen molar-refractivity contribution in [3.8, 4) is 0 Å². The summed E-state index contributed by atoms with van der Waals surface area (Å²) in [5.41, 5.74) is 8.60. The van der Waals surface area contributed by atoms with Crippen LogP contribution in [0.1, 0.15) is 31.1 Å². The molecule has 15 heavy (non-hydrogen) atoms. The molecule has 2 aromatic rings. The van der Waals surface area contributed by atoms with Gasteiger partial charge in [0, 0.05) is 24.2 Å². The van der Waals surface area contributed by atoms with E-state index in [1.807, 2.05) is 17.8 Å². The number of hydrogen-bond donors (Lipinski definition) is 1. The number of aryl methyl sites for hydroxylation is 1. The summed E-state index contributed by atoms with van der Waals surface area (Å²) in [7, 11) is 0. The van der Waals surface area contributed by atoms with Crippen molar-refractivity contribution in [2.24, 2.45) is 5.73 Å². The van der Waals surface area contributed by atoms with Crippen molar-refractivity contribution < 1.29 is 0 Å². The van der Waals surface area contributed by atoms with Crippen LogP contribution < -0.4 is 5.73 Å². The van der Waals surface area contributed by atoms with E-state index in [1.165, 1.54) is 0 Å². The Morgan fingerprint density at radius 3 is 2.80 bits per heavy atom. The van der Waals surface area contributed by atoms with Crippen molar-refractivity contribution >= 4 is 11.0 Å².